The number of halogens is 2. The van der Waals surface area contributed by atoms with Crippen LogP contribution < -0.4 is 5.32 Å². The molecule has 3 saturated heterocycles. The molecule has 3 aliphatic heterocycles. The summed E-state index contributed by atoms with van der Waals surface area (Å²) in [6.07, 6.45) is 0.939. The molecule has 4 nitrogen and oxygen atoms in total. The van der Waals surface area contributed by atoms with Crippen LogP contribution in [0, 0.1) is 17.6 Å². The van der Waals surface area contributed by atoms with Crippen molar-refractivity contribution in [3.05, 3.63) is 71.3 Å². The van der Waals surface area contributed by atoms with Gasteiger partial charge in [-0.2, -0.15) is 0 Å². The second-order valence-corrected chi connectivity index (χ2v) is 7.28. The average molecular weight is 372 g/mol. The predicted molar refractivity (Wildman–Crippen MR) is 97.2 cm³/mol. The summed E-state index contributed by atoms with van der Waals surface area (Å²) in [5.41, 5.74) is 1.26. The van der Waals surface area contributed by atoms with E-state index in [1.54, 1.807) is 24.3 Å². The summed E-state index contributed by atoms with van der Waals surface area (Å²) in [5.74, 6) is -0.251. The Labute approximate surface area is 157 Å². The summed E-state index contributed by atoms with van der Waals surface area (Å²) in [5, 5.41) is 2.99. The fourth-order valence-electron chi connectivity index (χ4n) is 4.02. The topological polar surface area (TPSA) is 41.6 Å². The Morgan fingerprint density at radius 2 is 1.48 bits per heavy atom. The molecule has 1 atom stereocenters. The van der Waals surface area contributed by atoms with Crippen LogP contribution in [0.1, 0.15) is 30.1 Å². The number of ether oxygens (including phenoxy) is 1. The third-order valence-electron chi connectivity index (χ3n) is 5.53. The van der Waals surface area contributed by atoms with E-state index >= 15 is 0 Å². The lowest BCUT2D eigenvalue weighted by atomic mass is 9.84. The SMILES string of the molecule is O=C(NC1CN2CCC1CC2)OC(c1ccc(F)cc1)c1ccc(F)cc1. The van der Waals surface area contributed by atoms with Gasteiger partial charge in [-0.15, -0.1) is 0 Å². The monoisotopic (exact) mass is 372 g/mol. The Morgan fingerprint density at radius 1 is 0.963 bits per heavy atom. The number of hydrogen-bond acceptors (Lipinski definition) is 3. The number of fused-ring (bicyclic) bond motifs is 3. The van der Waals surface area contributed by atoms with Crippen LogP contribution >= 0.6 is 0 Å². The molecular weight excluding hydrogens is 350 g/mol. The van der Waals surface area contributed by atoms with Gasteiger partial charge in [-0.3, -0.25) is 0 Å². The molecule has 3 fully saturated rings. The molecule has 0 spiro atoms. The van der Waals surface area contributed by atoms with Gasteiger partial charge in [-0.1, -0.05) is 24.3 Å². The third-order valence-corrected chi connectivity index (χ3v) is 5.53. The van der Waals surface area contributed by atoms with Crippen LogP contribution in [0.25, 0.3) is 0 Å². The average Bonchev–Trinajstić information content (AvgIpc) is 2.69. The van der Waals surface area contributed by atoms with Gasteiger partial charge in [0.05, 0.1) is 0 Å². The minimum absolute atomic E-state index is 0.0853. The number of nitrogens with zero attached hydrogens (tertiary/aromatic N) is 1. The highest BCUT2D eigenvalue weighted by atomic mass is 19.1. The fraction of sp³-hybridized carbons (Fsp3) is 0.381. The second kappa shape index (κ2) is 7.64. The maximum Gasteiger partial charge on any atom is 0.408 e. The van der Waals surface area contributed by atoms with Crippen LogP contribution in [0.5, 0.6) is 0 Å². The standard InChI is InChI=1S/C21H22F2N2O2/c22-17-5-1-15(2-6-17)20(16-3-7-18(23)8-4-16)27-21(26)24-19-13-25-11-9-14(19)10-12-25/h1-8,14,19-20H,9-13H2,(H,24,26). The van der Waals surface area contributed by atoms with Gasteiger partial charge in [-0.05, 0) is 67.2 Å². The van der Waals surface area contributed by atoms with E-state index in [2.05, 4.69) is 10.2 Å². The number of piperidine rings is 3. The van der Waals surface area contributed by atoms with Crippen molar-refractivity contribution in [3.63, 3.8) is 0 Å². The molecule has 6 heteroatoms. The molecule has 0 radical (unpaired) electrons. The number of nitrogens with one attached hydrogen (secondary N) is 1. The third kappa shape index (κ3) is 4.11. The predicted octanol–water partition coefficient (Wildman–Crippen LogP) is 3.87. The zero-order valence-corrected chi connectivity index (χ0v) is 14.9. The molecule has 2 bridgehead atoms. The van der Waals surface area contributed by atoms with Crippen LogP contribution in [0.15, 0.2) is 48.5 Å². The molecule has 0 aromatic heterocycles. The van der Waals surface area contributed by atoms with Crippen LogP contribution in [-0.4, -0.2) is 36.7 Å². The molecule has 3 aliphatic rings. The molecule has 142 valence electrons. The van der Waals surface area contributed by atoms with Crippen LogP contribution in [0.4, 0.5) is 13.6 Å². The van der Waals surface area contributed by atoms with E-state index in [1.807, 2.05) is 0 Å². The van der Waals surface area contributed by atoms with E-state index in [0.717, 1.165) is 32.5 Å². The summed E-state index contributed by atoms with van der Waals surface area (Å²) in [6.45, 7) is 3.02. The highest BCUT2D eigenvalue weighted by Gasteiger charge is 2.35. The van der Waals surface area contributed by atoms with E-state index in [1.165, 1.54) is 24.3 Å². The molecule has 1 unspecified atom stereocenters. The Morgan fingerprint density at radius 3 is 1.93 bits per heavy atom. The molecule has 2 aromatic carbocycles. The Balaban J connectivity index is 1.51. The number of carbonyl (C=O) groups is 1. The summed E-state index contributed by atoms with van der Waals surface area (Å²) >= 11 is 0. The van der Waals surface area contributed by atoms with E-state index < -0.39 is 12.2 Å². The number of amides is 1. The van der Waals surface area contributed by atoms with Gasteiger partial charge in [0, 0.05) is 12.6 Å². The Kier molecular flexibility index (Phi) is 5.07. The first-order chi connectivity index (χ1) is 13.1. The minimum atomic E-state index is -0.729. The highest BCUT2D eigenvalue weighted by Crippen LogP contribution is 2.29. The van der Waals surface area contributed by atoms with E-state index in [4.69, 9.17) is 4.74 Å². The maximum absolute atomic E-state index is 13.3. The minimum Gasteiger partial charge on any atom is -0.436 e. The number of hydrogen-bond donors (Lipinski definition) is 1. The van der Waals surface area contributed by atoms with Crippen molar-refractivity contribution < 1.29 is 18.3 Å². The van der Waals surface area contributed by atoms with Crippen LogP contribution in [-0.2, 0) is 4.74 Å². The number of alkyl carbamates (subject to hydrolysis) is 1. The zero-order valence-electron chi connectivity index (χ0n) is 14.9. The van der Waals surface area contributed by atoms with Crippen molar-refractivity contribution in [2.24, 2.45) is 5.92 Å². The molecule has 1 N–H and O–H groups in total. The molecule has 1 amide bonds. The lowest BCUT2D eigenvalue weighted by molar-refractivity contribution is 0.0593. The second-order valence-electron chi connectivity index (χ2n) is 7.28. The molecule has 0 saturated carbocycles. The normalized spacial score (nSPS) is 24.0. The van der Waals surface area contributed by atoms with Crippen molar-refractivity contribution in [2.75, 3.05) is 19.6 Å². The van der Waals surface area contributed by atoms with Crippen LogP contribution in [0.3, 0.4) is 0 Å². The molecule has 3 heterocycles. The first kappa shape index (κ1) is 17.9. The van der Waals surface area contributed by atoms with Crippen molar-refractivity contribution in [1.29, 1.82) is 0 Å². The van der Waals surface area contributed by atoms with E-state index in [-0.39, 0.29) is 17.7 Å². The summed E-state index contributed by atoms with van der Waals surface area (Å²) in [7, 11) is 0. The molecule has 2 aromatic rings. The van der Waals surface area contributed by atoms with E-state index in [9.17, 15) is 13.6 Å². The lowest BCUT2D eigenvalue weighted by Gasteiger charge is -2.44. The van der Waals surface area contributed by atoms with Gasteiger partial charge < -0.3 is 15.0 Å². The lowest BCUT2D eigenvalue weighted by Crippen LogP contribution is -2.57. The summed E-state index contributed by atoms with van der Waals surface area (Å²) in [4.78, 5) is 14.9. The Hall–Kier alpha value is -2.47. The largest absolute Gasteiger partial charge is 0.436 e. The summed E-state index contributed by atoms with van der Waals surface area (Å²) < 4.78 is 32.3. The van der Waals surface area contributed by atoms with Crippen molar-refractivity contribution in [2.45, 2.75) is 25.0 Å². The number of benzene rings is 2. The zero-order chi connectivity index (χ0) is 18.8. The van der Waals surface area contributed by atoms with Crippen molar-refractivity contribution in [1.82, 2.24) is 10.2 Å². The van der Waals surface area contributed by atoms with Gasteiger partial charge in [0.25, 0.3) is 0 Å². The molecule has 27 heavy (non-hydrogen) atoms. The highest BCUT2D eigenvalue weighted by molar-refractivity contribution is 5.68. The maximum atomic E-state index is 13.3. The molecule has 5 rings (SSSR count). The summed E-state index contributed by atoms with van der Waals surface area (Å²) in [6, 6.07) is 11.7. The van der Waals surface area contributed by atoms with E-state index in [0.29, 0.717) is 17.0 Å². The molecular formula is C21H22F2N2O2. The first-order valence-corrected chi connectivity index (χ1v) is 9.29. The van der Waals surface area contributed by atoms with Crippen molar-refractivity contribution >= 4 is 6.09 Å². The number of carbonyl (C=O) groups excluding carboxylic acids is 1. The smallest absolute Gasteiger partial charge is 0.408 e. The van der Waals surface area contributed by atoms with Gasteiger partial charge in [-0.25, -0.2) is 13.6 Å². The first-order valence-electron chi connectivity index (χ1n) is 9.29. The van der Waals surface area contributed by atoms with Gasteiger partial charge in [0.2, 0.25) is 0 Å². The van der Waals surface area contributed by atoms with Gasteiger partial charge >= 0.3 is 6.09 Å². The van der Waals surface area contributed by atoms with Crippen LogP contribution in [0.2, 0.25) is 0 Å². The number of rotatable bonds is 4. The van der Waals surface area contributed by atoms with Gasteiger partial charge in [0.15, 0.2) is 6.10 Å². The van der Waals surface area contributed by atoms with Crippen molar-refractivity contribution in [3.8, 4) is 0 Å². The Bertz CT molecular complexity index is 741. The molecule has 0 aliphatic carbocycles. The quantitative estimate of drug-likeness (QED) is 0.886. The van der Waals surface area contributed by atoms with Gasteiger partial charge in [0.1, 0.15) is 11.6 Å². The fourth-order valence-corrected chi connectivity index (χ4v) is 4.02.